The van der Waals surface area contributed by atoms with Crippen LogP contribution in [0.5, 0.6) is 0 Å². The number of rotatable bonds is 3. The van der Waals surface area contributed by atoms with E-state index in [2.05, 4.69) is 48.5 Å². The van der Waals surface area contributed by atoms with Gasteiger partial charge in [-0.1, -0.05) is 41.5 Å². The summed E-state index contributed by atoms with van der Waals surface area (Å²) in [5.74, 6) is 2.87. The van der Waals surface area contributed by atoms with Crippen molar-refractivity contribution in [1.29, 1.82) is 0 Å². The van der Waals surface area contributed by atoms with Crippen LogP contribution in [-0.4, -0.2) is 51.0 Å². The Bertz CT molecular complexity index is 931. The molecule has 4 aliphatic carbocycles. The smallest absolute Gasteiger partial charge is 0.350 e. The van der Waals surface area contributed by atoms with Crippen LogP contribution in [0.4, 0.5) is 0 Å². The highest BCUT2D eigenvalue weighted by atomic mass is 32.2. The minimum absolute atomic E-state index is 0.0549. The zero-order valence-corrected chi connectivity index (χ0v) is 25.7. The quantitative estimate of drug-likeness (QED) is 0.287. The third kappa shape index (κ3) is 4.01. The summed E-state index contributed by atoms with van der Waals surface area (Å²) in [5, 5.41) is -0.415. The second-order valence-electron chi connectivity index (χ2n) is 14.8. The maximum Gasteiger partial charge on any atom is 0.350 e. The molecule has 0 radical (unpaired) electrons. The molecule has 0 aromatic heterocycles. The first kappa shape index (κ1) is 26.7. The van der Waals surface area contributed by atoms with Crippen molar-refractivity contribution in [3.05, 3.63) is 10.7 Å². The largest absolute Gasteiger partial charge is 0.466 e. The molecule has 2 saturated heterocycles. The van der Waals surface area contributed by atoms with Gasteiger partial charge in [0.2, 0.25) is 6.29 Å². The number of allylic oxidation sites excluding steroid dienone is 1. The molecule has 8 heteroatoms. The van der Waals surface area contributed by atoms with Crippen LogP contribution in [0.1, 0.15) is 93.9 Å². The molecule has 4 saturated carbocycles. The Morgan fingerprint density at radius 2 is 1.51 bits per heavy atom. The van der Waals surface area contributed by atoms with Gasteiger partial charge < -0.3 is 23.1 Å². The second kappa shape index (κ2) is 8.73. The van der Waals surface area contributed by atoms with E-state index in [4.69, 9.17) is 23.1 Å². The Labute approximate surface area is 228 Å². The second-order valence-corrected chi connectivity index (χ2v) is 20.7. The summed E-state index contributed by atoms with van der Waals surface area (Å²) in [6, 6.07) is 0. The fourth-order valence-electron chi connectivity index (χ4n) is 9.18. The van der Waals surface area contributed by atoms with E-state index in [0.717, 1.165) is 42.8 Å². The Kier molecular flexibility index (Phi) is 6.29. The topological polar surface area (TPSA) is 63.2 Å². The lowest BCUT2D eigenvalue weighted by Gasteiger charge is -2.58. The van der Waals surface area contributed by atoms with Gasteiger partial charge in [0.1, 0.15) is 10.7 Å². The van der Waals surface area contributed by atoms with Gasteiger partial charge in [0.05, 0.1) is 30.2 Å². The Morgan fingerprint density at radius 1 is 0.973 bits per heavy atom. The molecule has 0 spiro atoms. The van der Waals surface area contributed by atoms with E-state index in [1.807, 2.05) is 6.92 Å². The first-order valence-electron chi connectivity index (χ1n) is 14.5. The number of thioether (sulfide) groups is 1. The van der Waals surface area contributed by atoms with E-state index in [0.29, 0.717) is 11.5 Å². The Morgan fingerprint density at radius 3 is 2.03 bits per heavy atom. The van der Waals surface area contributed by atoms with Crippen molar-refractivity contribution in [2.24, 2.45) is 23.2 Å². The highest BCUT2D eigenvalue weighted by molar-refractivity contribution is 8.04. The van der Waals surface area contributed by atoms with Crippen LogP contribution in [0.25, 0.3) is 0 Å². The van der Waals surface area contributed by atoms with Gasteiger partial charge in [-0.05, 0) is 70.1 Å². The summed E-state index contributed by atoms with van der Waals surface area (Å²) >= 11 is 1.59. The number of ether oxygens (including phenoxy) is 3. The van der Waals surface area contributed by atoms with Crippen LogP contribution in [0.15, 0.2) is 10.7 Å². The third-order valence-electron chi connectivity index (χ3n) is 9.98. The molecule has 5 unspecified atom stereocenters. The van der Waals surface area contributed by atoms with Crippen LogP contribution < -0.4 is 0 Å². The van der Waals surface area contributed by atoms with E-state index in [1.54, 1.807) is 11.8 Å². The molecule has 0 aromatic carbocycles. The van der Waals surface area contributed by atoms with E-state index >= 15 is 0 Å². The predicted molar refractivity (Wildman–Crippen MR) is 146 cm³/mol. The van der Waals surface area contributed by atoms with Crippen LogP contribution in [0.3, 0.4) is 0 Å². The van der Waals surface area contributed by atoms with Crippen LogP contribution >= 0.6 is 11.8 Å². The molecular formula is C29H46O6SSi. The molecule has 0 amide bonds. The standard InChI is InChI=1S/C29H46O6SSi/c1-9-31-25(30)23-24(29-13-17-10-18(14-29)12-19(11-17)15-29)33-26-22(36-23)21-20(16(2)32-26)34-37(35-21,27(3,4)5)28(6,7)8/h16-22,26H,9-15H2,1-8H3. The summed E-state index contributed by atoms with van der Waals surface area (Å²) in [4.78, 5) is 14.2. The molecule has 208 valence electrons. The number of carbonyl (C=O) groups excluding carboxylic acids is 1. The molecule has 3 heterocycles. The zero-order chi connectivity index (χ0) is 26.5. The van der Waals surface area contributed by atoms with Gasteiger partial charge in [0.15, 0.2) is 0 Å². The molecule has 0 aromatic rings. The molecule has 6 nitrogen and oxygen atoms in total. The molecule has 7 rings (SSSR count). The lowest BCUT2D eigenvalue weighted by molar-refractivity contribution is -0.220. The monoisotopic (exact) mass is 550 g/mol. The van der Waals surface area contributed by atoms with Crippen molar-refractivity contribution in [1.82, 2.24) is 0 Å². The molecule has 4 bridgehead atoms. The number of hydrogen-bond donors (Lipinski definition) is 0. The SMILES string of the molecule is CCOC(=O)C1=C(C23CC4CC(CC(C4)C2)C3)OC2OC(C)C3O[Si](C(C)(C)C)(C(C)(C)C)OC3C2S1. The maximum absolute atomic E-state index is 13.5. The minimum atomic E-state index is -2.70. The predicted octanol–water partition coefficient (Wildman–Crippen LogP) is 6.68. The molecule has 6 fully saturated rings. The first-order valence-corrected chi connectivity index (χ1v) is 17.2. The van der Waals surface area contributed by atoms with Crippen molar-refractivity contribution >= 4 is 26.3 Å². The van der Waals surface area contributed by atoms with Crippen molar-refractivity contribution in [2.75, 3.05) is 6.61 Å². The lowest BCUT2D eigenvalue weighted by atomic mass is 9.49. The summed E-state index contributed by atoms with van der Waals surface area (Å²) in [6.07, 6.45) is 6.45. The molecule has 3 aliphatic heterocycles. The average molecular weight is 551 g/mol. The van der Waals surface area contributed by atoms with Gasteiger partial charge in [-0.3, -0.25) is 0 Å². The average Bonchev–Trinajstić information content (AvgIpc) is 3.21. The van der Waals surface area contributed by atoms with Gasteiger partial charge >= 0.3 is 14.5 Å². The Balaban J connectivity index is 1.39. The fraction of sp³-hybridized carbons (Fsp3) is 0.897. The summed E-state index contributed by atoms with van der Waals surface area (Å²) in [6.45, 7) is 17.8. The highest BCUT2D eigenvalue weighted by Crippen LogP contribution is 2.66. The number of carbonyl (C=O) groups is 1. The number of fused-ring (bicyclic) bond motifs is 3. The maximum atomic E-state index is 13.5. The number of esters is 1. The first-order chi connectivity index (χ1) is 17.3. The summed E-state index contributed by atoms with van der Waals surface area (Å²) in [5.41, 5.74) is -0.0549. The van der Waals surface area contributed by atoms with E-state index in [1.165, 1.54) is 19.3 Å². The Hall–Kier alpha value is -0.543. The number of hydrogen-bond acceptors (Lipinski definition) is 7. The molecule has 7 aliphatic rings. The highest BCUT2D eigenvalue weighted by Gasteiger charge is 2.69. The van der Waals surface area contributed by atoms with Crippen molar-refractivity contribution in [3.63, 3.8) is 0 Å². The lowest BCUT2D eigenvalue weighted by Crippen LogP contribution is -2.57. The van der Waals surface area contributed by atoms with Crippen LogP contribution in [0, 0.1) is 23.2 Å². The molecule has 0 N–H and O–H groups in total. The fourth-order valence-corrected chi connectivity index (χ4v) is 15.8. The van der Waals surface area contributed by atoms with E-state index in [9.17, 15) is 4.79 Å². The van der Waals surface area contributed by atoms with E-state index in [-0.39, 0.29) is 45.0 Å². The van der Waals surface area contributed by atoms with Gasteiger partial charge in [0.25, 0.3) is 0 Å². The molecule has 5 atom stereocenters. The van der Waals surface area contributed by atoms with Crippen molar-refractivity contribution in [3.8, 4) is 0 Å². The minimum Gasteiger partial charge on any atom is -0.466 e. The molecule has 37 heavy (non-hydrogen) atoms. The third-order valence-corrected chi connectivity index (χ3v) is 16.5. The zero-order valence-electron chi connectivity index (χ0n) is 23.9. The molecular weight excluding hydrogens is 504 g/mol. The van der Waals surface area contributed by atoms with Gasteiger partial charge in [-0.2, -0.15) is 0 Å². The summed E-state index contributed by atoms with van der Waals surface area (Å²) in [7, 11) is -2.70. The van der Waals surface area contributed by atoms with E-state index < -0.39 is 14.9 Å². The van der Waals surface area contributed by atoms with Gasteiger partial charge in [-0.15, -0.1) is 11.8 Å². The normalized spacial score (nSPS) is 44.3. The van der Waals surface area contributed by atoms with Crippen LogP contribution in [0.2, 0.25) is 10.1 Å². The summed E-state index contributed by atoms with van der Waals surface area (Å²) < 4.78 is 33.3. The van der Waals surface area contributed by atoms with Crippen LogP contribution in [-0.2, 0) is 27.9 Å². The van der Waals surface area contributed by atoms with Gasteiger partial charge in [0, 0.05) is 15.5 Å². The van der Waals surface area contributed by atoms with Gasteiger partial charge in [-0.25, -0.2) is 4.79 Å². The van der Waals surface area contributed by atoms with Crippen molar-refractivity contribution < 1.29 is 27.9 Å². The van der Waals surface area contributed by atoms with Crippen molar-refractivity contribution in [2.45, 2.75) is 134 Å².